The van der Waals surface area contributed by atoms with Gasteiger partial charge in [0, 0.05) is 11.6 Å². The van der Waals surface area contributed by atoms with Crippen LogP contribution in [0.5, 0.6) is 0 Å². The number of anilines is 1. The van der Waals surface area contributed by atoms with Crippen molar-refractivity contribution in [1.82, 2.24) is 0 Å². The van der Waals surface area contributed by atoms with E-state index in [2.05, 4.69) is 0 Å². The number of hydrogen-bond donors (Lipinski definition) is 1. The molecule has 5 nitrogen and oxygen atoms in total. The smallest absolute Gasteiger partial charge is 0.335 e. The Morgan fingerprint density at radius 1 is 1.13 bits per heavy atom. The monoisotopic (exact) mass is 493 g/mol. The van der Waals surface area contributed by atoms with Gasteiger partial charge in [-0.3, -0.25) is 9.69 Å². The van der Waals surface area contributed by atoms with Crippen molar-refractivity contribution in [3.8, 4) is 11.3 Å². The first-order valence-electron chi connectivity index (χ1n) is 8.60. The number of furan rings is 1. The van der Waals surface area contributed by atoms with Crippen LogP contribution in [0, 0.1) is 5.82 Å². The average Bonchev–Trinajstić information content (AvgIpc) is 3.29. The molecule has 0 aliphatic carbocycles. The molecule has 1 N–H and O–H groups in total. The van der Waals surface area contributed by atoms with Crippen LogP contribution in [0.4, 0.5) is 10.1 Å². The summed E-state index contributed by atoms with van der Waals surface area (Å²) in [5, 5.41) is 9.38. The molecule has 0 atom stereocenters. The zero-order valence-electron chi connectivity index (χ0n) is 15.3. The summed E-state index contributed by atoms with van der Waals surface area (Å²) in [7, 11) is 0. The Labute approximate surface area is 195 Å². The van der Waals surface area contributed by atoms with Crippen LogP contribution in [-0.4, -0.2) is 21.3 Å². The number of hydrogen-bond acceptors (Lipinski definition) is 5. The molecule has 0 spiro atoms. The fourth-order valence-corrected chi connectivity index (χ4v) is 4.53. The summed E-state index contributed by atoms with van der Waals surface area (Å²) in [5.74, 6) is -1.39. The van der Waals surface area contributed by atoms with E-state index in [0.29, 0.717) is 32.7 Å². The number of halogens is 3. The molecule has 2 heterocycles. The van der Waals surface area contributed by atoms with Gasteiger partial charge >= 0.3 is 5.97 Å². The summed E-state index contributed by atoms with van der Waals surface area (Å²) in [5.41, 5.74) is 0.834. The predicted molar refractivity (Wildman–Crippen MR) is 123 cm³/mol. The van der Waals surface area contributed by atoms with Crippen molar-refractivity contribution in [3.63, 3.8) is 0 Å². The highest BCUT2D eigenvalue weighted by molar-refractivity contribution is 8.27. The van der Waals surface area contributed by atoms with E-state index in [1.165, 1.54) is 41.3 Å². The number of aromatic carboxylic acids is 1. The van der Waals surface area contributed by atoms with Gasteiger partial charge < -0.3 is 9.52 Å². The van der Waals surface area contributed by atoms with Crippen molar-refractivity contribution in [2.24, 2.45) is 0 Å². The average molecular weight is 494 g/mol. The molecule has 1 aliphatic rings. The summed E-state index contributed by atoms with van der Waals surface area (Å²) in [6, 6.07) is 11.4. The SMILES string of the molecule is O=C(O)c1ccc(Cl)c(-c2ccc(/C=C3\SC(=S)N(c4ccc(F)c(Cl)c4)C3=O)o2)c1. The molecule has 1 saturated heterocycles. The Balaban J connectivity index is 1.63. The number of carbonyl (C=O) groups excluding carboxylic acids is 1. The Morgan fingerprint density at radius 3 is 2.61 bits per heavy atom. The minimum Gasteiger partial charge on any atom is -0.478 e. The minimum atomic E-state index is -1.09. The Morgan fingerprint density at radius 2 is 1.90 bits per heavy atom. The minimum absolute atomic E-state index is 0.0659. The molecule has 1 amide bonds. The number of carboxylic acids is 1. The number of nitrogens with zero attached hydrogens (tertiary/aromatic N) is 1. The third kappa shape index (κ3) is 4.24. The van der Waals surface area contributed by atoms with Crippen LogP contribution in [0.2, 0.25) is 10.0 Å². The van der Waals surface area contributed by atoms with E-state index in [-0.39, 0.29) is 14.9 Å². The van der Waals surface area contributed by atoms with Gasteiger partial charge in [0.1, 0.15) is 17.3 Å². The van der Waals surface area contributed by atoms with Crippen molar-refractivity contribution in [2.75, 3.05) is 4.90 Å². The van der Waals surface area contributed by atoms with E-state index in [9.17, 15) is 19.1 Å². The Hall–Kier alpha value is -2.65. The molecule has 4 rings (SSSR count). The molecule has 1 aliphatic heterocycles. The lowest BCUT2D eigenvalue weighted by Gasteiger charge is -2.14. The molecule has 31 heavy (non-hydrogen) atoms. The molecule has 1 fully saturated rings. The van der Waals surface area contributed by atoms with Gasteiger partial charge in [-0.05, 0) is 48.5 Å². The van der Waals surface area contributed by atoms with Crippen LogP contribution in [0.1, 0.15) is 16.1 Å². The first-order chi connectivity index (χ1) is 14.7. The number of carbonyl (C=O) groups is 2. The molecular weight excluding hydrogens is 484 g/mol. The van der Waals surface area contributed by atoms with Gasteiger partial charge in [0.2, 0.25) is 0 Å². The Bertz CT molecular complexity index is 1290. The summed E-state index contributed by atoms with van der Waals surface area (Å²) in [6.07, 6.45) is 1.52. The topological polar surface area (TPSA) is 70.8 Å². The van der Waals surface area contributed by atoms with Gasteiger partial charge in [-0.25, -0.2) is 9.18 Å². The number of carboxylic acid groups (broad SMARTS) is 1. The van der Waals surface area contributed by atoms with Crippen LogP contribution in [0.25, 0.3) is 17.4 Å². The maximum atomic E-state index is 13.4. The van der Waals surface area contributed by atoms with Crippen molar-refractivity contribution in [1.29, 1.82) is 0 Å². The standard InChI is InChI=1S/C21H10Cl2FNO4S2/c22-14-4-1-10(20(27)28)7-13(14)17-6-3-12(29-17)9-18-19(26)25(21(30)31-18)11-2-5-16(24)15(23)8-11/h1-9H,(H,27,28)/b18-9-. The zero-order valence-corrected chi connectivity index (χ0v) is 18.4. The quantitative estimate of drug-likeness (QED) is 0.330. The maximum absolute atomic E-state index is 13.4. The number of thioether (sulfide) groups is 1. The first-order valence-corrected chi connectivity index (χ1v) is 10.6. The van der Waals surface area contributed by atoms with Crippen LogP contribution < -0.4 is 4.90 Å². The lowest BCUT2D eigenvalue weighted by atomic mass is 10.1. The summed E-state index contributed by atoms with van der Waals surface area (Å²) in [4.78, 5) is 25.6. The molecule has 1 aromatic heterocycles. The predicted octanol–water partition coefficient (Wildman–Crippen LogP) is 6.50. The molecule has 0 unspecified atom stereocenters. The van der Waals surface area contributed by atoms with Gasteiger partial charge in [-0.1, -0.05) is 47.2 Å². The van der Waals surface area contributed by atoms with Crippen LogP contribution >= 0.6 is 47.2 Å². The Kier molecular flexibility index (Phi) is 5.90. The largest absolute Gasteiger partial charge is 0.478 e. The fraction of sp³-hybridized carbons (Fsp3) is 0. The second kappa shape index (κ2) is 8.47. The molecule has 0 radical (unpaired) electrons. The number of rotatable bonds is 4. The van der Waals surface area contributed by atoms with Crippen molar-refractivity contribution < 1.29 is 23.5 Å². The highest BCUT2D eigenvalue weighted by Gasteiger charge is 2.34. The second-order valence-electron chi connectivity index (χ2n) is 6.32. The number of benzene rings is 2. The number of amides is 1. The molecule has 10 heteroatoms. The lowest BCUT2D eigenvalue weighted by Crippen LogP contribution is -2.27. The van der Waals surface area contributed by atoms with Crippen molar-refractivity contribution >= 4 is 75.1 Å². The van der Waals surface area contributed by atoms with Gasteiger partial charge in [0.05, 0.1) is 26.2 Å². The van der Waals surface area contributed by atoms with E-state index in [0.717, 1.165) is 17.8 Å². The number of thiocarbonyl (C=S) groups is 1. The molecule has 156 valence electrons. The maximum Gasteiger partial charge on any atom is 0.335 e. The highest BCUT2D eigenvalue weighted by atomic mass is 35.5. The molecule has 2 aromatic carbocycles. The van der Waals surface area contributed by atoms with Crippen LogP contribution in [0.15, 0.2) is 57.9 Å². The lowest BCUT2D eigenvalue weighted by molar-refractivity contribution is -0.113. The van der Waals surface area contributed by atoms with E-state index in [1.807, 2.05) is 0 Å². The van der Waals surface area contributed by atoms with Gasteiger partial charge in [-0.15, -0.1) is 0 Å². The second-order valence-corrected chi connectivity index (χ2v) is 8.81. The molecule has 0 saturated carbocycles. The fourth-order valence-electron chi connectivity index (χ4n) is 2.87. The third-order valence-corrected chi connectivity index (χ3v) is 6.26. The normalized spacial score (nSPS) is 15.2. The van der Waals surface area contributed by atoms with E-state index in [1.54, 1.807) is 12.1 Å². The first kappa shape index (κ1) is 21.6. The zero-order chi connectivity index (χ0) is 22.3. The van der Waals surface area contributed by atoms with Crippen LogP contribution in [-0.2, 0) is 4.79 Å². The van der Waals surface area contributed by atoms with E-state index >= 15 is 0 Å². The van der Waals surface area contributed by atoms with Gasteiger partial charge in [-0.2, -0.15) is 0 Å². The van der Waals surface area contributed by atoms with Crippen molar-refractivity contribution in [3.05, 3.63) is 80.6 Å². The van der Waals surface area contributed by atoms with E-state index < -0.39 is 17.7 Å². The summed E-state index contributed by atoms with van der Waals surface area (Å²) < 4.78 is 19.5. The molecule has 3 aromatic rings. The highest BCUT2D eigenvalue weighted by Crippen LogP contribution is 2.38. The van der Waals surface area contributed by atoms with Gasteiger partial charge in [0.25, 0.3) is 5.91 Å². The van der Waals surface area contributed by atoms with Crippen LogP contribution in [0.3, 0.4) is 0 Å². The molecule has 0 bridgehead atoms. The van der Waals surface area contributed by atoms with Crippen molar-refractivity contribution in [2.45, 2.75) is 0 Å². The third-order valence-electron chi connectivity index (χ3n) is 4.33. The summed E-state index contributed by atoms with van der Waals surface area (Å²) >= 11 is 18.4. The summed E-state index contributed by atoms with van der Waals surface area (Å²) in [6.45, 7) is 0. The van der Waals surface area contributed by atoms with E-state index in [4.69, 9.17) is 39.8 Å². The van der Waals surface area contributed by atoms with Gasteiger partial charge in [0.15, 0.2) is 4.32 Å². The molecular formula is C21H10Cl2FNO4S2.